The van der Waals surface area contributed by atoms with Gasteiger partial charge in [-0.2, -0.15) is 0 Å². The van der Waals surface area contributed by atoms with E-state index >= 15 is 0 Å². The highest BCUT2D eigenvalue weighted by Gasteiger charge is 2.42. The molecule has 1 aliphatic heterocycles. The molecule has 23 heavy (non-hydrogen) atoms. The summed E-state index contributed by atoms with van der Waals surface area (Å²) in [6, 6.07) is 6.14. The van der Waals surface area contributed by atoms with Gasteiger partial charge >= 0.3 is 11.9 Å². The lowest BCUT2D eigenvalue weighted by Gasteiger charge is -2.20. The van der Waals surface area contributed by atoms with Crippen LogP contribution in [0.5, 0.6) is 0 Å². The first kappa shape index (κ1) is 16.7. The van der Waals surface area contributed by atoms with Crippen molar-refractivity contribution in [2.45, 2.75) is 20.8 Å². The number of nitrogens with zero attached hydrogens (tertiary/aromatic N) is 1. The molecular formula is C16H17NO6. The Morgan fingerprint density at radius 3 is 2.00 bits per heavy atom. The predicted molar refractivity (Wildman–Crippen MR) is 78.0 cm³/mol. The van der Waals surface area contributed by atoms with Gasteiger partial charge in [0.2, 0.25) is 0 Å². The van der Waals surface area contributed by atoms with E-state index in [4.69, 9.17) is 9.57 Å². The number of hydroxylamine groups is 2. The van der Waals surface area contributed by atoms with Crippen LogP contribution in [0.25, 0.3) is 0 Å². The van der Waals surface area contributed by atoms with Gasteiger partial charge < -0.3 is 9.57 Å². The molecule has 122 valence electrons. The number of benzene rings is 1. The number of carbonyl (C=O) groups excluding carboxylic acids is 4. The molecule has 0 fully saturated rings. The Kier molecular flexibility index (Phi) is 4.78. The van der Waals surface area contributed by atoms with Crippen LogP contribution in [0.2, 0.25) is 0 Å². The van der Waals surface area contributed by atoms with Crippen LogP contribution in [0.3, 0.4) is 0 Å². The minimum atomic E-state index is -1.21. The molecule has 0 radical (unpaired) electrons. The first-order valence-corrected chi connectivity index (χ1v) is 7.24. The van der Waals surface area contributed by atoms with Gasteiger partial charge in [-0.3, -0.25) is 14.4 Å². The number of hydrogen-bond donors (Lipinski definition) is 0. The minimum absolute atomic E-state index is 0.113. The highest BCUT2D eigenvalue weighted by Crippen LogP contribution is 2.24. The van der Waals surface area contributed by atoms with Gasteiger partial charge in [0.15, 0.2) is 5.92 Å². The predicted octanol–water partition coefficient (Wildman–Crippen LogP) is 1.58. The Morgan fingerprint density at radius 1 is 1.04 bits per heavy atom. The second-order valence-electron chi connectivity index (χ2n) is 5.33. The van der Waals surface area contributed by atoms with Crippen LogP contribution in [0.1, 0.15) is 41.5 Å². The Labute approximate surface area is 133 Å². The Bertz CT molecular complexity index is 631. The van der Waals surface area contributed by atoms with Crippen molar-refractivity contribution in [1.82, 2.24) is 5.06 Å². The summed E-state index contributed by atoms with van der Waals surface area (Å²) in [5.41, 5.74) is 0.310. The summed E-state index contributed by atoms with van der Waals surface area (Å²) < 4.78 is 4.84. The lowest BCUT2D eigenvalue weighted by molar-refractivity contribution is -0.181. The number of carbonyl (C=O) groups is 4. The number of ether oxygens (including phenoxy) is 1. The Balaban J connectivity index is 2.19. The number of hydrogen-bond acceptors (Lipinski definition) is 6. The summed E-state index contributed by atoms with van der Waals surface area (Å²) in [4.78, 5) is 53.3. The SMILES string of the molecule is CCOC(=O)C(C(=O)ON1C(=O)c2ccccc2C1=O)C(C)C. The van der Waals surface area contributed by atoms with Crippen molar-refractivity contribution in [3.8, 4) is 0 Å². The van der Waals surface area contributed by atoms with Crippen LogP contribution < -0.4 is 0 Å². The molecule has 2 rings (SSSR count). The van der Waals surface area contributed by atoms with E-state index in [0.717, 1.165) is 0 Å². The summed E-state index contributed by atoms with van der Waals surface area (Å²) in [6.07, 6.45) is 0. The van der Waals surface area contributed by atoms with E-state index in [-0.39, 0.29) is 17.7 Å². The lowest BCUT2D eigenvalue weighted by Crippen LogP contribution is -2.39. The molecular weight excluding hydrogens is 302 g/mol. The van der Waals surface area contributed by atoms with Crippen molar-refractivity contribution in [2.75, 3.05) is 6.61 Å². The summed E-state index contributed by atoms with van der Waals surface area (Å²) >= 11 is 0. The molecule has 1 atom stereocenters. The second-order valence-corrected chi connectivity index (χ2v) is 5.33. The molecule has 0 aromatic heterocycles. The van der Waals surface area contributed by atoms with Gasteiger partial charge in [-0.25, -0.2) is 4.79 Å². The number of esters is 1. The molecule has 0 spiro atoms. The fraction of sp³-hybridized carbons (Fsp3) is 0.375. The molecule has 7 heteroatoms. The lowest BCUT2D eigenvalue weighted by atomic mass is 9.96. The van der Waals surface area contributed by atoms with Gasteiger partial charge in [-0.05, 0) is 25.0 Å². The zero-order chi connectivity index (χ0) is 17.1. The standard InChI is InChI=1S/C16H17NO6/c1-4-22-15(20)12(9(2)3)16(21)23-17-13(18)10-7-5-6-8-11(10)14(17)19/h5-9,12H,4H2,1-3H3. The normalized spacial score (nSPS) is 14.7. The van der Waals surface area contributed by atoms with Crippen molar-refractivity contribution in [3.63, 3.8) is 0 Å². The first-order chi connectivity index (χ1) is 10.9. The van der Waals surface area contributed by atoms with Crippen molar-refractivity contribution in [1.29, 1.82) is 0 Å². The van der Waals surface area contributed by atoms with Crippen LogP contribution in [0.4, 0.5) is 0 Å². The van der Waals surface area contributed by atoms with E-state index < -0.39 is 35.6 Å². The molecule has 0 N–H and O–H groups in total. The molecule has 0 saturated carbocycles. The third-order valence-electron chi connectivity index (χ3n) is 3.40. The smallest absolute Gasteiger partial charge is 0.347 e. The van der Waals surface area contributed by atoms with E-state index in [0.29, 0.717) is 5.06 Å². The number of rotatable bonds is 5. The summed E-state index contributed by atoms with van der Waals surface area (Å²) in [6.45, 7) is 5.02. The van der Waals surface area contributed by atoms with Gasteiger partial charge in [0.1, 0.15) is 0 Å². The molecule has 1 aromatic carbocycles. The van der Waals surface area contributed by atoms with E-state index in [1.807, 2.05) is 0 Å². The second kappa shape index (κ2) is 6.60. The summed E-state index contributed by atoms with van der Waals surface area (Å²) in [5.74, 6) is -4.82. The quantitative estimate of drug-likeness (QED) is 0.465. The van der Waals surface area contributed by atoms with E-state index in [9.17, 15) is 19.2 Å². The summed E-state index contributed by atoms with van der Waals surface area (Å²) in [5, 5.41) is 0.390. The fourth-order valence-electron chi connectivity index (χ4n) is 2.27. The van der Waals surface area contributed by atoms with Crippen LogP contribution in [-0.4, -0.2) is 35.4 Å². The van der Waals surface area contributed by atoms with Gasteiger partial charge in [-0.1, -0.05) is 31.0 Å². The molecule has 2 amide bonds. The zero-order valence-corrected chi connectivity index (χ0v) is 13.1. The molecule has 0 saturated heterocycles. The number of amides is 2. The van der Waals surface area contributed by atoms with Crippen molar-refractivity contribution >= 4 is 23.8 Å². The summed E-state index contributed by atoms with van der Waals surface area (Å²) in [7, 11) is 0. The Morgan fingerprint density at radius 2 is 1.57 bits per heavy atom. The van der Waals surface area contributed by atoms with Crippen LogP contribution in [0, 0.1) is 11.8 Å². The molecule has 7 nitrogen and oxygen atoms in total. The maximum atomic E-state index is 12.2. The van der Waals surface area contributed by atoms with Crippen LogP contribution in [-0.2, 0) is 19.2 Å². The topological polar surface area (TPSA) is 90.0 Å². The van der Waals surface area contributed by atoms with Gasteiger partial charge in [0, 0.05) is 0 Å². The van der Waals surface area contributed by atoms with E-state index in [1.165, 1.54) is 12.1 Å². The first-order valence-electron chi connectivity index (χ1n) is 7.24. The third kappa shape index (κ3) is 3.08. The highest BCUT2D eigenvalue weighted by molar-refractivity contribution is 6.21. The molecule has 1 heterocycles. The monoisotopic (exact) mass is 319 g/mol. The van der Waals surface area contributed by atoms with E-state index in [2.05, 4.69) is 0 Å². The maximum Gasteiger partial charge on any atom is 0.347 e. The Hall–Kier alpha value is -2.70. The minimum Gasteiger partial charge on any atom is -0.465 e. The van der Waals surface area contributed by atoms with Crippen LogP contribution in [0.15, 0.2) is 24.3 Å². The zero-order valence-electron chi connectivity index (χ0n) is 13.1. The molecule has 1 aromatic rings. The third-order valence-corrected chi connectivity index (χ3v) is 3.40. The van der Waals surface area contributed by atoms with Gasteiger partial charge in [0.05, 0.1) is 17.7 Å². The van der Waals surface area contributed by atoms with Crippen molar-refractivity contribution in [3.05, 3.63) is 35.4 Å². The highest BCUT2D eigenvalue weighted by atomic mass is 16.7. The maximum absolute atomic E-state index is 12.2. The molecule has 1 unspecified atom stereocenters. The number of imide groups is 1. The van der Waals surface area contributed by atoms with E-state index in [1.54, 1.807) is 32.9 Å². The van der Waals surface area contributed by atoms with Crippen LogP contribution >= 0.6 is 0 Å². The molecule has 0 bridgehead atoms. The average Bonchev–Trinajstić information content (AvgIpc) is 2.73. The molecule has 0 aliphatic carbocycles. The average molecular weight is 319 g/mol. The van der Waals surface area contributed by atoms with Gasteiger partial charge in [-0.15, -0.1) is 0 Å². The van der Waals surface area contributed by atoms with Gasteiger partial charge in [0.25, 0.3) is 11.8 Å². The van der Waals surface area contributed by atoms with Crippen molar-refractivity contribution in [2.24, 2.45) is 11.8 Å². The number of fused-ring (bicyclic) bond motifs is 1. The molecule has 1 aliphatic rings. The fourth-order valence-corrected chi connectivity index (χ4v) is 2.27. The van der Waals surface area contributed by atoms with Crippen molar-refractivity contribution < 1.29 is 28.8 Å². The largest absolute Gasteiger partial charge is 0.465 e.